The van der Waals surface area contributed by atoms with Gasteiger partial charge in [0.1, 0.15) is 5.82 Å². The van der Waals surface area contributed by atoms with Gasteiger partial charge in [-0.25, -0.2) is 4.39 Å². The summed E-state index contributed by atoms with van der Waals surface area (Å²) in [6.07, 6.45) is -0.139. The van der Waals surface area contributed by atoms with Gasteiger partial charge in [0.25, 0.3) is 11.8 Å². The third-order valence-electron chi connectivity index (χ3n) is 4.29. The molecule has 0 aliphatic carbocycles. The van der Waals surface area contributed by atoms with Crippen molar-refractivity contribution in [3.05, 3.63) is 64.4 Å². The topological polar surface area (TPSA) is 58.6 Å². The molecule has 1 fully saturated rings. The molecule has 3 rings (SSSR count). The van der Waals surface area contributed by atoms with Crippen LogP contribution in [0.3, 0.4) is 0 Å². The molecular weight excluding hydrogens is 371 g/mol. The van der Waals surface area contributed by atoms with Gasteiger partial charge in [-0.05, 0) is 44.2 Å². The van der Waals surface area contributed by atoms with Gasteiger partial charge in [-0.1, -0.05) is 23.7 Å². The number of hydrogen-bond donors (Lipinski definition) is 1. The van der Waals surface area contributed by atoms with E-state index in [0.29, 0.717) is 24.3 Å². The molecule has 0 radical (unpaired) electrons. The van der Waals surface area contributed by atoms with Crippen molar-refractivity contribution in [2.24, 2.45) is 0 Å². The monoisotopic (exact) mass is 390 g/mol. The second-order valence-electron chi connectivity index (χ2n) is 6.59. The summed E-state index contributed by atoms with van der Waals surface area (Å²) in [6.45, 7) is 4.75. The van der Waals surface area contributed by atoms with Crippen LogP contribution in [0.5, 0.6) is 0 Å². The maximum Gasteiger partial charge on any atom is 0.258 e. The van der Waals surface area contributed by atoms with Gasteiger partial charge >= 0.3 is 0 Å². The van der Waals surface area contributed by atoms with Crippen LogP contribution in [-0.4, -0.2) is 42.0 Å². The number of anilines is 1. The maximum absolute atomic E-state index is 14.0. The molecule has 0 aromatic heterocycles. The Morgan fingerprint density at radius 1 is 1.11 bits per heavy atom. The number of para-hydroxylation sites is 1. The Balaban J connectivity index is 1.84. The molecule has 2 amide bonds. The normalized spacial score (nSPS) is 19.6. The number of morpholine rings is 1. The minimum atomic E-state index is -0.684. The van der Waals surface area contributed by atoms with Crippen LogP contribution in [0.25, 0.3) is 0 Å². The number of rotatable bonds is 3. The van der Waals surface area contributed by atoms with Gasteiger partial charge < -0.3 is 15.0 Å². The van der Waals surface area contributed by atoms with E-state index in [4.69, 9.17) is 16.3 Å². The third-order valence-corrected chi connectivity index (χ3v) is 4.52. The molecule has 1 aliphatic rings. The minimum Gasteiger partial charge on any atom is -0.372 e. The zero-order valence-electron chi connectivity index (χ0n) is 15.0. The Hall–Kier alpha value is -2.44. The summed E-state index contributed by atoms with van der Waals surface area (Å²) in [5.41, 5.74) is 0.478. The van der Waals surface area contributed by atoms with E-state index in [-0.39, 0.29) is 28.7 Å². The van der Waals surface area contributed by atoms with Crippen LogP contribution >= 0.6 is 11.6 Å². The van der Waals surface area contributed by atoms with Crippen LogP contribution in [0.15, 0.2) is 42.5 Å². The maximum atomic E-state index is 14.0. The first-order chi connectivity index (χ1) is 12.8. The minimum absolute atomic E-state index is 0.0694. The second-order valence-corrected chi connectivity index (χ2v) is 7.03. The largest absolute Gasteiger partial charge is 0.372 e. The highest BCUT2D eigenvalue weighted by Gasteiger charge is 2.28. The summed E-state index contributed by atoms with van der Waals surface area (Å²) < 4.78 is 19.6. The van der Waals surface area contributed by atoms with Crippen molar-refractivity contribution in [1.82, 2.24) is 4.90 Å². The number of nitrogens with one attached hydrogen (secondary N) is 1. The molecule has 27 heavy (non-hydrogen) atoms. The summed E-state index contributed by atoms with van der Waals surface area (Å²) in [4.78, 5) is 27.2. The molecule has 1 heterocycles. The fraction of sp³-hybridized carbons (Fsp3) is 0.300. The van der Waals surface area contributed by atoms with Crippen molar-refractivity contribution in [3.8, 4) is 0 Å². The van der Waals surface area contributed by atoms with Crippen LogP contribution in [0.2, 0.25) is 5.02 Å². The molecule has 142 valence electrons. The van der Waals surface area contributed by atoms with Crippen molar-refractivity contribution < 1.29 is 18.7 Å². The Kier molecular flexibility index (Phi) is 5.77. The first-order valence-corrected chi connectivity index (χ1v) is 9.03. The van der Waals surface area contributed by atoms with E-state index >= 15 is 0 Å². The Labute approximate surface area is 162 Å². The average molecular weight is 391 g/mol. The lowest BCUT2D eigenvalue weighted by molar-refractivity contribution is -0.0585. The highest BCUT2D eigenvalue weighted by atomic mass is 35.5. The van der Waals surface area contributed by atoms with Gasteiger partial charge in [0.05, 0.1) is 29.0 Å². The van der Waals surface area contributed by atoms with Gasteiger partial charge in [0.15, 0.2) is 0 Å². The lowest BCUT2D eigenvalue weighted by atomic mass is 10.1. The molecule has 2 aromatic carbocycles. The molecular formula is C20H20ClFN2O3. The molecule has 2 aromatic rings. The Morgan fingerprint density at radius 2 is 1.78 bits per heavy atom. The van der Waals surface area contributed by atoms with Crippen molar-refractivity contribution in [2.75, 3.05) is 18.4 Å². The summed E-state index contributed by atoms with van der Waals surface area (Å²) in [5, 5.41) is 2.87. The fourth-order valence-electron chi connectivity index (χ4n) is 3.15. The lowest BCUT2D eigenvalue weighted by Gasteiger charge is -2.35. The standard InChI is InChI=1S/C20H20ClFN2O3/c1-12-10-24(11-13(2)27-12)20(26)15-5-3-4-6-18(15)23-19(25)16-9-14(21)7-8-17(16)22/h3-9,12-13H,10-11H2,1-2H3,(H,23,25). The number of amides is 2. The van der Waals surface area contributed by atoms with E-state index in [1.807, 2.05) is 13.8 Å². The zero-order valence-corrected chi connectivity index (χ0v) is 15.8. The molecule has 0 bridgehead atoms. The predicted octanol–water partition coefficient (Wildman–Crippen LogP) is 3.98. The summed E-state index contributed by atoms with van der Waals surface area (Å²) in [7, 11) is 0. The quantitative estimate of drug-likeness (QED) is 0.862. The number of ether oxygens (including phenoxy) is 1. The van der Waals surface area contributed by atoms with Gasteiger partial charge in [-0.3, -0.25) is 9.59 Å². The SMILES string of the molecule is CC1CN(C(=O)c2ccccc2NC(=O)c2cc(Cl)ccc2F)CC(C)O1. The number of carbonyl (C=O) groups is 2. The molecule has 7 heteroatoms. The van der Waals surface area contributed by atoms with E-state index in [9.17, 15) is 14.0 Å². The van der Waals surface area contributed by atoms with E-state index < -0.39 is 11.7 Å². The first-order valence-electron chi connectivity index (χ1n) is 8.65. The van der Waals surface area contributed by atoms with E-state index in [2.05, 4.69) is 5.32 Å². The molecule has 1 aliphatic heterocycles. The highest BCUT2D eigenvalue weighted by molar-refractivity contribution is 6.31. The number of halogens is 2. The zero-order chi connectivity index (χ0) is 19.6. The van der Waals surface area contributed by atoms with Crippen LogP contribution in [0.1, 0.15) is 34.6 Å². The van der Waals surface area contributed by atoms with E-state index in [1.54, 1.807) is 29.2 Å². The fourth-order valence-corrected chi connectivity index (χ4v) is 3.33. The Bertz CT molecular complexity index is 864. The molecule has 1 saturated heterocycles. The first kappa shape index (κ1) is 19.3. The molecule has 2 unspecified atom stereocenters. The van der Waals surface area contributed by atoms with Crippen molar-refractivity contribution in [3.63, 3.8) is 0 Å². The lowest BCUT2D eigenvalue weighted by Crippen LogP contribution is -2.48. The average Bonchev–Trinajstić information content (AvgIpc) is 2.62. The summed E-state index contributed by atoms with van der Waals surface area (Å²) in [6, 6.07) is 10.4. The molecule has 1 N–H and O–H groups in total. The van der Waals surface area contributed by atoms with Crippen molar-refractivity contribution >= 4 is 29.1 Å². The van der Waals surface area contributed by atoms with E-state index in [1.165, 1.54) is 12.1 Å². The van der Waals surface area contributed by atoms with Gasteiger partial charge in [-0.15, -0.1) is 0 Å². The number of benzene rings is 2. The molecule has 0 spiro atoms. The second kappa shape index (κ2) is 8.06. The third kappa shape index (κ3) is 4.46. The van der Waals surface area contributed by atoms with Gasteiger partial charge in [-0.2, -0.15) is 0 Å². The number of carbonyl (C=O) groups excluding carboxylic acids is 2. The molecule has 5 nitrogen and oxygen atoms in total. The van der Waals surface area contributed by atoms with Crippen LogP contribution in [0.4, 0.5) is 10.1 Å². The molecule has 0 saturated carbocycles. The highest BCUT2D eigenvalue weighted by Crippen LogP contribution is 2.22. The van der Waals surface area contributed by atoms with Crippen molar-refractivity contribution in [2.45, 2.75) is 26.1 Å². The summed E-state index contributed by atoms with van der Waals surface area (Å²) in [5.74, 6) is -1.56. The van der Waals surface area contributed by atoms with Gasteiger partial charge in [0.2, 0.25) is 0 Å². The smallest absolute Gasteiger partial charge is 0.258 e. The number of nitrogens with zero attached hydrogens (tertiary/aromatic N) is 1. The predicted molar refractivity (Wildman–Crippen MR) is 102 cm³/mol. The van der Waals surface area contributed by atoms with Crippen LogP contribution in [-0.2, 0) is 4.74 Å². The summed E-state index contributed by atoms with van der Waals surface area (Å²) >= 11 is 5.86. The number of hydrogen-bond acceptors (Lipinski definition) is 3. The van der Waals surface area contributed by atoms with Gasteiger partial charge in [0, 0.05) is 18.1 Å². The van der Waals surface area contributed by atoms with Crippen LogP contribution in [0, 0.1) is 5.82 Å². The van der Waals surface area contributed by atoms with E-state index in [0.717, 1.165) is 6.07 Å². The Morgan fingerprint density at radius 3 is 2.48 bits per heavy atom. The van der Waals surface area contributed by atoms with Crippen molar-refractivity contribution in [1.29, 1.82) is 0 Å². The molecule has 2 atom stereocenters. The van der Waals surface area contributed by atoms with Crippen LogP contribution < -0.4 is 5.32 Å².